The molecule has 0 spiro atoms. The Morgan fingerprint density at radius 1 is 0.261 bits per heavy atom. The van der Waals surface area contributed by atoms with Crippen molar-refractivity contribution < 1.29 is 0 Å². The molecule has 1 heterocycles. The lowest BCUT2D eigenvalue weighted by atomic mass is 9.94. The second-order valence-electron chi connectivity index (χ2n) is 11.5. The maximum Gasteiger partial charge on any atom is 0.160 e. The van der Waals surface area contributed by atoms with Crippen LogP contribution in [-0.4, -0.2) is 9.97 Å². The van der Waals surface area contributed by atoms with Crippen LogP contribution in [-0.2, 0) is 0 Å². The van der Waals surface area contributed by atoms with Gasteiger partial charge in [-0.05, 0) is 74.8 Å². The largest absolute Gasteiger partial charge is 0.228 e. The highest BCUT2D eigenvalue weighted by molar-refractivity contribution is 5.93. The minimum atomic E-state index is 0.723. The van der Waals surface area contributed by atoms with Crippen LogP contribution in [0, 0.1) is 0 Å². The van der Waals surface area contributed by atoms with E-state index >= 15 is 0 Å². The molecule has 0 aliphatic rings. The lowest BCUT2D eigenvalue weighted by molar-refractivity contribution is 1.23. The van der Waals surface area contributed by atoms with Gasteiger partial charge in [-0.1, -0.05) is 152 Å². The summed E-state index contributed by atoms with van der Waals surface area (Å²) in [6, 6.07) is 64.0. The molecular weight excluding hydrogens is 556 g/mol. The van der Waals surface area contributed by atoms with Gasteiger partial charge in [0.05, 0.1) is 11.2 Å². The number of rotatable bonds is 6. The van der Waals surface area contributed by atoms with Gasteiger partial charge in [-0.25, -0.2) is 9.97 Å². The second-order valence-corrected chi connectivity index (χ2v) is 11.5. The van der Waals surface area contributed by atoms with Gasteiger partial charge in [0.25, 0.3) is 0 Å². The SMILES string of the molecule is c1ccc(-c2cccc(-c3cccc(-c4cccc(-c5cccc(-c6nc(-c7ccccc7)c7ccccc7n6)c5)c4)c3)c2)cc1. The number of hydrogen-bond acceptors (Lipinski definition) is 2. The molecule has 0 aliphatic carbocycles. The van der Waals surface area contributed by atoms with Gasteiger partial charge < -0.3 is 0 Å². The molecular formula is C44H30N2. The predicted octanol–water partition coefficient (Wildman–Crippen LogP) is 11.6. The molecule has 0 saturated heterocycles. The molecule has 46 heavy (non-hydrogen) atoms. The summed E-state index contributed by atoms with van der Waals surface area (Å²) in [6.07, 6.45) is 0. The highest BCUT2D eigenvalue weighted by atomic mass is 14.9. The first-order valence-electron chi connectivity index (χ1n) is 15.6. The van der Waals surface area contributed by atoms with E-state index < -0.39 is 0 Å². The normalized spacial score (nSPS) is 11.0. The molecule has 0 unspecified atom stereocenters. The Morgan fingerprint density at radius 3 is 1.15 bits per heavy atom. The van der Waals surface area contributed by atoms with Crippen LogP contribution >= 0.6 is 0 Å². The van der Waals surface area contributed by atoms with E-state index in [4.69, 9.17) is 9.97 Å². The quantitative estimate of drug-likeness (QED) is 0.194. The molecule has 0 amide bonds. The van der Waals surface area contributed by atoms with Gasteiger partial charge in [-0.3, -0.25) is 0 Å². The van der Waals surface area contributed by atoms with Crippen LogP contribution in [0.25, 0.3) is 78.1 Å². The zero-order chi connectivity index (χ0) is 30.7. The first-order chi connectivity index (χ1) is 22.8. The second kappa shape index (κ2) is 12.1. The van der Waals surface area contributed by atoms with Crippen molar-refractivity contribution in [3.8, 4) is 67.2 Å². The molecule has 0 bridgehead atoms. The average molecular weight is 587 g/mol. The number of aromatic nitrogens is 2. The average Bonchev–Trinajstić information content (AvgIpc) is 3.15. The lowest BCUT2D eigenvalue weighted by Gasteiger charge is -2.11. The van der Waals surface area contributed by atoms with Crippen molar-refractivity contribution in [1.82, 2.24) is 9.97 Å². The number of benzene rings is 7. The van der Waals surface area contributed by atoms with Crippen LogP contribution < -0.4 is 0 Å². The molecule has 0 N–H and O–H groups in total. The van der Waals surface area contributed by atoms with Gasteiger partial charge in [-0.15, -0.1) is 0 Å². The highest BCUT2D eigenvalue weighted by Gasteiger charge is 2.12. The van der Waals surface area contributed by atoms with Crippen molar-refractivity contribution in [2.24, 2.45) is 0 Å². The van der Waals surface area contributed by atoms with Gasteiger partial charge in [0.2, 0.25) is 0 Å². The summed E-state index contributed by atoms with van der Waals surface area (Å²) >= 11 is 0. The van der Waals surface area contributed by atoms with E-state index in [1.54, 1.807) is 0 Å². The van der Waals surface area contributed by atoms with Crippen molar-refractivity contribution >= 4 is 10.9 Å². The summed E-state index contributed by atoms with van der Waals surface area (Å²) in [7, 11) is 0. The molecule has 0 saturated carbocycles. The van der Waals surface area contributed by atoms with Crippen LogP contribution in [0.4, 0.5) is 0 Å². The molecule has 0 aliphatic heterocycles. The maximum absolute atomic E-state index is 5.09. The summed E-state index contributed by atoms with van der Waals surface area (Å²) in [4.78, 5) is 10.1. The summed E-state index contributed by atoms with van der Waals surface area (Å²) in [6.45, 7) is 0. The molecule has 7 aromatic carbocycles. The van der Waals surface area contributed by atoms with Crippen LogP contribution in [0.5, 0.6) is 0 Å². The molecule has 0 atom stereocenters. The molecule has 8 rings (SSSR count). The minimum absolute atomic E-state index is 0.723. The summed E-state index contributed by atoms with van der Waals surface area (Å²) < 4.78 is 0. The van der Waals surface area contributed by atoms with Gasteiger partial charge in [0.15, 0.2) is 5.82 Å². The maximum atomic E-state index is 5.09. The summed E-state index contributed by atoms with van der Waals surface area (Å²) in [5, 5.41) is 1.05. The van der Waals surface area contributed by atoms with Crippen molar-refractivity contribution in [2.45, 2.75) is 0 Å². The van der Waals surface area contributed by atoms with Gasteiger partial charge >= 0.3 is 0 Å². The number of fused-ring (bicyclic) bond motifs is 1. The smallest absolute Gasteiger partial charge is 0.160 e. The number of nitrogens with zero attached hydrogens (tertiary/aromatic N) is 2. The standard InChI is InChI=1S/C44H30N2/c1-3-13-31(14-4-1)33-17-9-18-34(27-33)35-19-10-20-36(28-35)37-21-11-22-38(29-37)39-23-12-24-40(30-39)44-45-42-26-8-7-25-41(42)43(46-44)32-15-5-2-6-16-32/h1-30H. The molecule has 216 valence electrons. The van der Waals surface area contributed by atoms with E-state index in [9.17, 15) is 0 Å². The van der Waals surface area contributed by atoms with E-state index in [2.05, 4.69) is 164 Å². The monoisotopic (exact) mass is 586 g/mol. The minimum Gasteiger partial charge on any atom is -0.228 e. The molecule has 0 radical (unpaired) electrons. The van der Waals surface area contributed by atoms with Crippen molar-refractivity contribution in [1.29, 1.82) is 0 Å². The van der Waals surface area contributed by atoms with Crippen molar-refractivity contribution in [3.63, 3.8) is 0 Å². The Morgan fingerprint density at radius 2 is 0.630 bits per heavy atom. The van der Waals surface area contributed by atoms with E-state index in [0.717, 1.165) is 44.7 Å². The third-order valence-electron chi connectivity index (χ3n) is 8.47. The van der Waals surface area contributed by atoms with Gasteiger partial charge in [0, 0.05) is 16.5 Å². The fourth-order valence-electron chi connectivity index (χ4n) is 6.13. The van der Waals surface area contributed by atoms with E-state index in [-0.39, 0.29) is 0 Å². The Labute approximate surface area is 269 Å². The van der Waals surface area contributed by atoms with E-state index in [1.165, 1.54) is 33.4 Å². The topological polar surface area (TPSA) is 25.8 Å². The molecule has 8 aromatic rings. The zero-order valence-electron chi connectivity index (χ0n) is 25.2. The zero-order valence-corrected chi connectivity index (χ0v) is 25.2. The Kier molecular flexibility index (Phi) is 7.22. The lowest BCUT2D eigenvalue weighted by Crippen LogP contribution is -1.95. The van der Waals surface area contributed by atoms with Gasteiger partial charge in [0.1, 0.15) is 0 Å². The molecule has 1 aromatic heterocycles. The first-order valence-corrected chi connectivity index (χ1v) is 15.6. The summed E-state index contributed by atoms with van der Waals surface area (Å²) in [5.41, 5.74) is 13.5. The van der Waals surface area contributed by atoms with Crippen LogP contribution in [0.2, 0.25) is 0 Å². The van der Waals surface area contributed by atoms with Gasteiger partial charge in [-0.2, -0.15) is 0 Å². The molecule has 2 heteroatoms. The fourth-order valence-corrected chi connectivity index (χ4v) is 6.13. The number of para-hydroxylation sites is 1. The van der Waals surface area contributed by atoms with Crippen LogP contribution in [0.1, 0.15) is 0 Å². The van der Waals surface area contributed by atoms with Crippen LogP contribution in [0.15, 0.2) is 182 Å². The third-order valence-corrected chi connectivity index (χ3v) is 8.47. The molecule has 2 nitrogen and oxygen atoms in total. The van der Waals surface area contributed by atoms with Crippen LogP contribution in [0.3, 0.4) is 0 Å². The Balaban J connectivity index is 1.14. The summed E-state index contributed by atoms with van der Waals surface area (Å²) in [5.74, 6) is 0.723. The van der Waals surface area contributed by atoms with E-state index in [1.807, 2.05) is 18.2 Å². The fraction of sp³-hybridized carbons (Fsp3) is 0. The molecule has 0 fully saturated rings. The van der Waals surface area contributed by atoms with Crippen molar-refractivity contribution in [2.75, 3.05) is 0 Å². The van der Waals surface area contributed by atoms with E-state index in [0.29, 0.717) is 0 Å². The first kappa shape index (κ1) is 27.4. The third kappa shape index (κ3) is 5.49. The Hall–Kier alpha value is -6.12. The predicted molar refractivity (Wildman–Crippen MR) is 192 cm³/mol. The highest BCUT2D eigenvalue weighted by Crippen LogP contribution is 2.34. The Bertz CT molecular complexity index is 2310. The van der Waals surface area contributed by atoms with Crippen molar-refractivity contribution in [3.05, 3.63) is 182 Å². The number of hydrogen-bond donors (Lipinski definition) is 0.